The highest BCUT2D eigenvalue weighted by Crippen LogP contribution is 2.16. The summed E-state index contributed by atoms with van der Waals surface area (Å²) < 4.78 is 4.99. The molecule has 2 aromatic rings. The number of nitrogens with one attached hydrogen (secondary N) is 1. The summed E-state index contributed by atoms with van der Waals surface area (Å²) in [6.07, 6.45) is -0.00484. The smallest absolute Gasteiger partial charge is 0.310 e. The summed E-state index contributed by atoms with van der Waals surface area (Å²) in [6, 6.07) is 13.5. The summed E-state index contributed by atoms with van der Waals surface area (Å²) in [4.78, 5) is 37.8. The van der Waals surface area contributed by atoms with Crippen molar-refractivity contribution in [3.63, 3.8) is 0 Å². The van der Waals surface area contributed by atoms with Gasteiger partial charge in [0.05, 0.1) is 6.42 Å². The Morgan fingerprint density at radius 3 is 2.25 bits per heavy atom. The summed E-state index contributed by atoms with van der Waals surface area (Å²) in [5, 5.41) is 3.10. The number of carbonyl (C=O) groups excluding carboxylic acids is 3. The van der Waals surface area contributed by atoms with E-state index in [0.717, 1.165) is 0 Å². The number of esters is 1. The largest absolute Gasteiger partial charge is 0.455 e. The normalized spacial score (nSPS) is 10.2. The van der Waals surface area contributed by atoms with Crippen molar-refractivity contribution in [3.8, 4) is 0 Å². The van der Waals surface area contributed by atoms with Crippen molar-refractivity contribution in [1.29, 1.82) is 0 Å². The summed E-state index contributed by atoms with van der Waals surface area (Å²) in [5.41, 5.74) is 1.71. The molecule has 0 saturated heterocycles. The third-order valence-electron chi connectivity index (χ3n) is 4.12. The number of ether oxygens (including phenoxy) is 1. The van der Waals surface area contributed by atoms with Crippen LogP contribution in [0.5, 0.6) is 0 Å². The molecule has 148 valence electrons. The van der Waals surface area contributed by atoms with E-state index in [1.807, 2.05) is 13.8 Å². The van der Waals surface area contributed by atoms with Crippen molar-refractivity contribution in [1.82, 2.24) is 4.90 Å². The van der Waals surface area contributed by atoms with Crippen LogP contribution in [0.4, 0.5) is 5.69 Å². The van der Waals surface area contributed by atoms with Gasteiger partial charge in [-0.05, 0) is 49.7 Å². The molecule has 0 saturated carbocycles. The van der Waals surface area contributed by atoms with E-state index < -0.39 is 18.5 Å². The number of hydrogen-bond donors (Lipinski definition) is 1. The molecule has 0 aliphatic rings. The molecule has 0 aliphatic heterocycles. The molecule has 0 aromatic heterocycles. The van der Waals surface area contributed by atoms with Crippen LogP contribution in [0, 0.1) is 0 Å². The van der Waals surface area contributed by atoms with E-state index in [1.165, 1.54) is 0 Å². The first-order valence-corrected chi connectivity index (χ1v) is 9.40. The molecule has 7 heteroatoms. The zero-order valence-corrected chi connectivity index (χ0v) is 16.7. The maximum absolute atomic E-state index is 12.3. The fourth-order valence-electron chi connectivity index (χ4n) is 2.58. The monoisotopic (exact) mass is 402 g/mol. The molecule has 2 rings (SSSR count). The molecule has 2 amide bonds. The average molecular weight is 403 g/mol. The van der Waals surface area contributed by atoms with Crippen LogP contribution in [0.1, 0.15) is 29.8 Å². The Morgan fingerprint density at radius 2 is 1.64 bits per heavy atom. The van der Waals surface area contributed by atoms with Crippen LogP contribution < -0.4 is 5.32 Å². The third kappa shape index (κ3) is 6.09. The summed E-state index contributed by atoms with van der Waals surface area (Å²) in [7, 11) is 0. The average Bonchev–Trinajstić information content (AvgIpc) is 2.69. The Labute approximate surface area is 169 Å². The first-order valence-electron chi connectivity index (χ1n) is 9.02. The van der Waals surface area contributed by atoms with Crippen LogP contribution in [0.25, 0.3) is 0 Å². The fraction of sp³-hybridized carbons (Fsp3) is 0.286. The van der Waals surface area contributed by atoms with E-state index in [2.05, 4.69) is 5.32 Å². The van der Waals surface area contributed by atoms with Gasteiger partial charge in [-0.3, -0.25) is 14.4 Å². The van der Waals surface area contributed by atoms with Crippen molar-refractivity contribution in [2.45, 2.75) is 20.3 Å². The SMILES string of the molecule is CCN(CC)C(=O)c1ccc(NC(=O)COC(=O)Cc2ccccc2Cl)cc1. The molecule has 28 heavy (non-hydrogen) atoms. The molecule has 0 spiro atoms. The topological polar surface area (TPSA) is 75.7 Å². The number of anilines is 1. The standard InChI is InChI=1S/C21H23ClN2O4/c1-3-24(4-2)21(27)15-9-11-17(12-10-15)23-19(25)14-28-20(26)13-16-7-5-6-8-18(16)22/h5-12H,3-4,13-14H2,1-2H3,(H,23,25). The van der Waals surface area contributed by atoms with Gasteiger partial charge in [0.1, 0.15) is 0 Å². The molecule has 0 atom stereocenters. The number of hydrogen-bond acceptors (Lipinski definition) is 4. The highest BCUT2D eigenvalue weighted by molar-refractivity contribution is 6.31. The molecule has 0 fully saturated rings. The molecule has 0 heterocycles. The molecule has 0 bridgehead atoms. The Bertz CT molecular complexity index is 833. The van der Waals surface area contributed by atoms with E-state index >= 15 is 0 Å². The lowest BCUT2D eigenvalue weighted by Crippen LogP contribution is -2.30. The molecule has 6 nitrogen and oxygen atoms in total. The number of carbonyl (C=O) groups is 3. The second-order valence-corrected chi connectivity index (χ2v) is 6.44. The Hall–Kier alpha value is -2.86. The van der Waals surface area contributed by atoms with Crippen molar-refractivity contribution in [2.75, 3.05) is 25.0 Å². The molecular formula is C21H23ClN2O4. The molecule has 1 N–H and O–H groups in total. The van der Waals surface area contributed by atoms with Gasteiger partial charge in [0.15, 0.2) is 6.61 Å². The van der Waals surface area contributed by atoms with Crippen LogP contribution in [-0.4, -0.2) is 42.4 Å². The predicted molar refractivity (Wildman–Crippen MR) is 108 cm³/mol. The van der Waals surface area contributed by atoms with Crippen LogP contribution in [0.15, 0.2) is 48.5 Å². The van der Waals surface area contributed by atoms with Gasteiger partial charge in [0.2, 0.25) is 0 Å². The van der Waals surface area contributed by atoms with Gasteiger partial charge in [-0.1, -0.05) is 29.8 Å². The highest BCUT2D eigenvalue weighted by atomic mass is 35.5. The molecule has 0 unspecified atom stereocenters. The molecule has 0 radical (unpaired) electrons. The quantitative estimate of drug-likeness (QED) is 0.685. The Balaban J connectivity index is 1.83. The first-order chi connectivity index (χ1) is 13.4. The fourth-order valence-corrected chi connectivity index (χ4v) is 2.78. The number of benzene rings is 2. The lowest BCUT2D eigenvalue weighted by molar-refractivity contribution is -0.146. The molecular weight excluding hydrogens is 380 g/mol. The summed E-state index contributed by atoms with van der Waals surface area (Å²) in [5.74, 6) is -1.06. The van der Waals surface area contributed by atoms with E-state index in [9.17, 15) is 14.4 Å². The minimum atomic E-state index is -0.539. The summed E-state index contributed by atoms with van der Waals surface area (Å²) >= 11 is 6.00. The van der Waals surface area contributed by atoms with Crippen LogP contribution in [0.3, 0.4) is 0 Å². The van der Waals surface area contributed by atoms with Gasteiger partial charge in [0.25, 0.3) is 11.8 Å². The Kier molecular flexibility index (Phi) is 8.02. The van der Waals surface area contributed by atoms with Crippen molar-refractivity contribution in [3.05, 3.63) is 64.7 Å². The maximum Gasteiger partial charge on any atom is 0.310 e. The van der Waals surface area contributed by atoms with Gasteiger partial charge in [-0.15, -0.1) is 0 Å². The molecule has 0 aliphatic carbocycles. The van der Waals surface area contributed by atoms with Crippen LogP contribution in [0.2, 0.25) is 5.02 Å². The number of rotatable bonds is 8. The van der Waals surface area contributed by atoms with E-state index in [-0.39, 0.29) is 12.3 Å². The maximum atomic E-state index is 12.3. The van der Waals surface area contributed by atoms with E-state index in [4.69, 9.17) is 16.3 Å². The predicted octanol–water partition coefficient (Wildman–Crippen LogP) is 3.55. The highest BCUT2D eigenvalue weighted by Gasteiger charge is 2.13. The van der Waals surface area contributed by atoms with Gasteiger partial charge in [0, 0.05) is 29.4 Å². The van der Waals surface area contributed by atoms with Crippen LogP contribution >= 0.6 is 11.6 Å². The third-order valence-corrected chi connectivity index (χ3v) is 4.49. The first kappa shape index (κ1) is 21.4. The van der Waals surface area contributed by atoms with Gasteiger partial charge < -0.3 is 15.0 Å². The molecule has 2 aromatic carbocycles. The van der Waals surface area contributed by atoms with Crippen molar-refractivity contribution >= 4 is 35.1 Å². The van der Waals surface area contributed by atoms with Crippen molar-refractivity contribution < 1.29 is 19.1 Å². The number of nitrogens with zero attached hydrogens (tertiary/aromatic N) is 1. The lowest BCUT2D eigenvalue weighted by atomic mass is 10.1. The summed E-state index contributed by atoms with van der Waals surface area (Å²) in [6.45, 7) is 4.70. The van der Waals surface area contributed by atoms with E-state index in [0.29, 0.717) is 34.9 Å². The van der Waals surface area contributed by atoms with Gasteiger partial charge in [-0.25, -0.2) is 0 Å². The second kappa shape index (κ2) is 10.5. The van der Waals surface area contributed by atoms with Crippen molar-refractivity contribution in [2.24, 2.45) is 0 Å². The number of amides is 2. The van der Waals surface area contributed by atoms with Crippen LogP contribution in [-0.2, 0) is 20.7 Å². The second-order valence-electron chi connectivity index (χ2n) is 6.03. The minimum Gasteiger partial charge on any atom is -0.455 e. The zero-order valence-electron chi connectivity index (χ0n) is 15.9. The van der Waals surface area contributed by atoms with Gasteiger partial charge >= 0.3 is 5.97 Å². The lowest BCUT2D eigenvalue weighted by Gasteiger charge is -2.18. The van der Waals surface area contributed by atoms with E-state index in [1.54, 1.807) is 53.4 Å². The number of halogens is 1. The Morgan fingerprint density at radius 1 is 1.00 bits per heavy atom. The van der Waals surface area contributed by atoms with Gasteiger partial charge in [-0.2, -0.15) is 0 Å². The minimum absolute atomic E-state index is 0.00484. The zero-order chi connectivity index (χ0) is 20.5.